The Morgan fingerprint density at radius 1 is 1.73 bits per heavy atom. The lowest BCUT2D eigenvalue weighted by Crippen LogP contribution is -2.22. The molecule has 11 heavy (non-hydrogen) atoms. The van der Waals surface area contributed by atoms with Crippen molar-refractivity contribution in [3.63, 3.8) is 0 Å². The molecule has 0 aromatic carbocycles. The van der Waals surface area contributed by atoms with E-state index in [0.717, 1.165) is 0 Å². The molecule has 0 unspecified atom stereocenters. The van der Waals surface area contributed by atoms with E-state index in [4.69, 9.17) is 9.67 Å². The molecule has 0 rings (SSSR count). The normalized spacial score (nSPS) is 8.27. The van der Waals surface area contributed by atoms with Gasteiger partial charge in [0.25, 0.3) is 0 Å². The molecule has 0 radical (unpaired) electrons. The number of carbonyl (C=O) groups excluding carboxylic acids is 1. The van der Waals surface area contributed by atoms with Crippen molar-refractivity contribution >= 4 is 14.6 Å². The SMILES string of the molecule is CCC(=O)NCO.COP=O. The average Bonchev–Trinajstić information content (AvgIpc) is 2.05. The minimum absolute atomic E-state index is 0.123. The molecule has 66 valence electrons. The number of aliphatic hydroxyl groups excluding tert-OH is 1. The summed E-state index contributed by atoms with van der Waals surface area (Å²) >= 11 is 0. The fourth-order valence-electron chi connectivity index (χ4n) is 0.213. The van der Waals surface area contributed by atoms with Gasteiger partial charge in [0.1, 0.15) is 6.73 Å². The Bertz CT molecular complexity index is 109. The lowest BCUT2D eigenvalue weighted by atomic mass is 10.5. The van der Waals surface area contributed by atoms with Crippen LogP contribution in [0, 0.1) is 0 Å². The lowest BCUT2D eigenvalue weighted by Gasteiger charge is -1.93. The maximum absolute atomic E-state index is 10.1. The molecular weight excluding hydrogens is 169 g/mol. The van der Waals surface area contributed by atoms with Gasteiger partial charge in [-0.2, -0.15) is 0 Å². The quantitative estimate of drug-likeness (QED) is 0.485. The summed E-state index contributed by atoms with van der Waals surface area (Å²) in [5, 5.41) is 10.2. The first-order valence-corrected chi connectivity index (χ1v) is 3.69. The molecule has 2 N–H and O–H groups in total. The average molecular weight is 181 g/mol. The number of aliphatic hydroxyl groups is 1. The monoisotopic (exact) mass is 181 g/mol. The molecule has 0 aromatic heterocycles. The van der Waals surface area contributed by atoms with E-state index >= 15 is 0 Å². The van der Waals surface area contributed by atoms with Crippen molar-refractivity contribution in [2.45, 2.75) is 13.3 Å². The van der Waals surface area contributed by atoms with E-state index in [0.29, 0.717) is 6.42 Å². The summed E-state index contributed by atoms with van der Waals surface area (Å²) in [7, 11) is 1.10. The highest BCUT2D eigenvalue weighted by Crippen LogP contribution is 1.83. The summed E-state index contributed by atoms with van der Waals surface area (Å²) in [5.74, 6) is -0.123. The van der Waals surface area contributed by atoms with Gasteiger partial charge < -0.3 is 10.4 Å². The number of amides is 1. The number of hydrogen-bond acceptors (Lipinski definition) is 4. The maximum atomic E-state index is 10.1. The molecule has 0 bridgehead atoms. The maximum Gasteiger partial charge on any atom is 0.327 e. The first-order chi connectivity index (χ1) is 5.22. The molecule has 0 spiro atoms. The Kier molecular flexibility index (Phi) is 14.5. The summed E-state index contributed by atoms with van der Waals surface area (Å²) in [6.45, 7) is 1.47. The lowest BCUT2D eigenvalue weighted by molar-refractivity contribution is -0.121. The van der Waals surface area contributed by atoms with Crippen LogP contribution in [0.1, 0.15) is 13.3 Å². The van der Waals surface area contributed by atoms with Gasteiger partial charge in [-0.3, -0.25) is 9.32 Å². The third-order valence-electron chi connectivity index (χ3n) is 0.672. The van der Waals surface area contributed by atoms with Gasteiger partial charge in [0.2, 0.25) is 5.91 Å². The van der Waals surface area contributed by atoms with Crippen molar-refractivity contribution in [3.05, 3.63) is 0 Å². The standard InChI is InChI=1S/C4H9NO2.CH3O2P/c1-2-4(7)5-3-6;1-3-4-2/h6H,2-3H2,1H3,(H,5,7);1H3. The molecule has 0 heterocycles. The van der Waals surface area contributed by atoms with E-state index in [1.165, 1.54) is 7.11 Å². The van der Waals surface area contributed by atoms with Crippen molar-refractivity contribution in [2.75, 3.05) is 13.8 Å². The molecule has 0 aliphatic heterocycles. The molecule has 5 nitrogen and oxygen atoms in total. The van der Waals surface area contributed by atoms with Gasteiger partial charge >= 0.3 is 8.69 Å². The van der Waals surface area contributed by atoms with E-state index in [1.807, 2.05) is 0 Å². The summed E-state index contributed by atoms with van der Waals surface area (Å²) in [5.41, 5.74) is 0. The van der Waals surface area contributed by atoms with E-state index in [9.17, 15) is 4.79 Å². The van der Waals surface area contributed by atoms with Crippen molar-refractivity contribution < 1.29 is 19.0 Å². The predicted octanol–water partition coefficient (Wildman–Crippen LogP) is 0.302. The van der Waals surface area contributed by atoms with Crippen LogP contribution in [0.4, 0.5) is 0 Å². The minimum Gasteiger partial charge on any atom is -0.377 e. The third kappa shape index (κ3) is 17.7. The van der Waals surface area contributed by atoms with Crippen LogP contribution in [0.3, 0.4) is 0 Å². The zero-order valence-corrected chi connectivity index (χ0v) is 7.43. The van der Waals surface area contributed by atoms with Gasteiger partial charge in [0, 0.05) is 13.5 Å². The second-order valence-electron chi connectivity index (χ2n) is 1.37. The number of nitrogens with one attached hydrogen (secondary N) is 1. The van der Waals surface area contributed by atoms with E-state index in [1.54, 1.807) is 6.92 Å². The van der Waals surface area contributed by atoms with Crippen LogP contribution in [-0.4, -0.2) is 24.9 Å². The second-order valence-corrected chi connectivity index (χ2v) is 1.88. The van der Waals surface area contributed by atoms with Gasteiger partial charge in [0.15, 0.2) is 0 Å². The topological polar surface area (TPSA) is 75.6 Å². The Morgan fingerprint density at radius 3 is 2.27 bits per heavy atom. The summed E-state index contributed by atoms with van der Waals surface area (Å²) < 4.78 is 13.0. The highest BCUT2D eigenvalue weighted by molar-refractivity contribution is 7.17. The van der Waals surface area contributed by atoms with Crippen LogP contribution in [0.2, 0.25) is 0 Å². The summed E-state index contributed by atoms with van der Waals surface area (Å²) in [6, 6.07) is 0. The van der Waals surface area contributed by atoms with E-state index in [2.05, 4.69) is 9.84 Å². The summed E-state index contributed by atoms with van der Waals surface area (Å²) in [4.78, 5) is 10.1. The fourth-order valence-corrected chi connectivity index (χ4v) is 0.213. The van der Waals surface area contributed by atoms with Gasteiger partial charge in [0.05, 0.1) is 0 Å². The van der Waals surface area contributed by atoms with Crippen LogP contribution < -0.4 is 5.32 Å². The fraction of sp³-hybridized carbons (Fsp3) is 0.800. The Labute approximate surface area is 67.0 Å². The van der Waals surface area contributed by atoms with Gasteiger partial charge in [-0.25, -0.2) is 4.57 Å². The molecule has 0 atom stereocenters. The highest BCUT2D eigenvalue weighted by atomic mass is 31.1. The summed E-state index contributed by atoms with van der Waals surface area (Å²) in [6.07, 6.45) is 0.431. The largest absolute Gasteiger partial charge is 0.377 e. The highest BCUT2D eigenvalue weighted by Gasteiger charge is 1.89. The third-order valence-corrected chi connectivity index (χ3v) is 0.821. The second kappa shape index (κ2) is 12.2. The van der Waals surface area contributed by atoms with E-state index < -0.39 is 0 Å². The van der Waals surface area contributed by atoms with Crippen LogP contribution in [0.5, 0.6) is 0 Å². The number of rotatable bonds is 3. The molecule has 0 saturated carbocycles. The molecule has 0 saturated heterocycles. The molecule has 0 aliphatic carbocycles. The zero-order chi connectivity index (χ0) is 9.11. The van der Waals surface area contributed by atoms with Gasteiger partial charge in [-0.1, -0.05) is 6.92 Å². The first kappa shape index (κ1) is 13.1. The van der Waals surface area contributed by atoms with Gasteiger partial charge in [-0.15, -0.1) is 0 Å². The molecule has 0 fully saturated rings. The Morgan fingerprint density at radius 2 is 2.18 bits per heavy atom. The molecule has 1 amide bonds. The first-order valence-electron chi connectivity index (χ1n) is 2.96. The van der Waals surface area contributed by atoms with Crippen LogP contribution in [0.25, 0.3) is 0 Å². The molecule has 0 aliphatic rings. The van der Waals surface area contributed by atoms with Gasteiger partial charge in [-0.05, 0) is 0 Å². The van der Waals surface area contributed by atoms with Crippen molar-refractivity contribution in [1.82, 2.24) is 5.32 Å². The zero-order valence-electron chi connectivity index (χ0n) is 6.53. The van der Waals surface area contributed by atoms with Crippen LogP contribution >= 0.6 is 8.69 Å². The Hall–Kier alpha value is -0.510. The van der Waals surface area contributed by atoms with E-state index in [-0.39, 0.29) is 21.3 Å². The number of carbonyl (C=O) groups is 1. The molecular formula is C5H12NO4P. The smallest absolute Gasteiger partial charge is 0.327 e. The predicted molar refractivity (Wildman–Crippen MR) is 40.1 cm³/mol. The minimum atomic E-state index is -0.257. The van der Waals surface area contributed by atoms with Crippen LogP contribution in [0.15, 0.2) is 0 Å². The molecule has 6 heteroatoms. The van der Waals surface area contributed by atoms with Crippen molar-refractivity contribution in [3.8, 4) is 0 Å². The Balaban J connectivity index is 0. The van der Waals surface area contributed by atoms with Crippen molar-refractivity contribution in [2.24, 2.45) is 0 Å². The van der Waals surface area contributed by atoms with Crippen LogP contribution in [-0.2, 0) is 13.9 Å². The molecule has 0 aromatic rings. The van der Waals surface area contributed by atoms with Crippen molar-refractivity contribution in [1.29, 1.82) is 0 Å². The number of hydrogen-bond donors (Lipinski definition) is 2.